The van der Waals surface area contributed by atoms with Crippen LogP contribution in [-0.4, -0.2) is 56.3 Å². The van der Waals surface area contributed by atoms with Crippen LogP contribution in [0.1, 0.15) is 19.3 Å². The fourth-order valence-corrected chi connectivity index (χ4v) is 5.26. The highest BCUT2D eigenvalue weighted by Crippen LogP contribution is 2.41. The summed E-state index contributed by atoms with van der Waals surface area (Å²) in [4.78, 5) is 28.8. The minimum Gasteiger partial charge on any atom is -0.366 e. The van der Waals surface area contributed by atoms with Crippen molar-refractivity contribution in [3.05, 3.63) is 53.2 Å². The summed E-state index contributed by atoms with van der Waals surface area (Å²) in [5.41, 5.74) is 4.00. The summed E-state index contributed by atoms with van der Waals surface area (Å²) in [6, 6.07) is 7.81. The number of amides is 1. The maximum atomic E-state index is 13.5. The predicted molar refractivity (Wildman–Crippen MR) is 115 cm³/mol. The maximum Gasteiger partial charge on any atom is 0.250 e. The molecule has 3 aliphatic rings. The summed E-state index contributed by atoms with van der Waals surface area (Å²) in [7, 11) is 1.74. The van der Waals surface area contributed by atoms with Gasteiger partial charge in [0.05, 0.1) is 17.1 Å². The SMILES string of the molecule is Cn1cc(-c2cc3c(N4CC5CCC(C4)N5C(=O)[C@@H]4C[C@H]4F)ccnn3c2)ccc1=O. The van der Waals surface area contributed by atoms with E-state index >= 15 is 0 Å². The highest BCUT2D eigenvalue weighted by Gasteiger charge is 2.51. The van der Waals surface area contributed by atoms with E-state index in [2.05, 4.69) is 16.1 Å². The lowest BCUT2D eigenvalue weighted by Crippen LogP contribution is -2.56. The molecule has 1 aliphatic carbocycles. The van der Waals surface area contributed by atoms with Gasteiger partial charge in [-0.25, -0.2) is 8.91 Å². The highest BCUT2D eigenvalue weighted by atomic mass is 19.1. The number of hydrogen-bond donors (Lipinski definition) is 0. The molecule has 7 nitrogen and oxygen atoms in total. The van der Waals surface area contributed by atoms with Gasteiger partial charge in [-0.3, -0.25) is 9.59 Å². The molecule has 2 bridgehead atoms. The third-order valence-electron chi connectivity index (χ3n) is 7.01. The van der Waals surface area contributed by atoms with E-state index in [-0.39, 0.29) is 23.6 Å². The van der Waals surface area contributed by atoms with E-state index in [1.807, 2.05) is 33.9 Å². The zero-order chi connectivity index (χ0) is 21.3. The van der Waals surface area contributed by atoms with Gasteiger partial charge in [-0.2, -0.15) is 5.10 Å². The second-order valence-corrected chi connectivity index (χ2v) is 9.04. The zero-order valence-corrected chi connectivity index (χ0v) is 17.3. The molecule has 0 N–H and O–H groups in total. The summed E-state index contributed by atoms with van der Waals surface area (Å²) >= 11 is 0. The second-order valence-electron chi connectivity index (χ2n) is 9.04. The van der Waals surface area contributed by atoms with Crippen molar-refractivity contribution in [1.82, 2.24) is 19.1 Å². The summed E-state index contributed by atoms with van der Waals surface area (Å²) in [6.45, 7) is 1.51. The molecule has 8 heteroatoms. The van der Waals surface area contributed by atoms with Crippen LogP contribution in [0.15, 0.2) is 47.7 Å². The summed E-state index contributed by atoms with van der Waals surface area (Å²) in [5.74, 6) is -0.392. The smallest absolute Gasteiger partial charge is 0.250 e. The molecule has 31 heavy (non-hydrogen) atoms. The standard InChI is InChI=1S/C23H24FN5O2/c1-26-10-14(2-5-22(26)30)15-8-21-20(6-7-25-28(21)11-15)27-12-16-3-4-17(13-27)29(16)23(31)18-9-19(18)24/h2,5-8,10-11,16-19H,3-4,9,12-13H2,1H3/t16?,17?,18-,19-/m1/s1. The van der Waals surface area contributed by atoms with Crippen LogP contribution in [0, 0.1) is 5.92 Å². The van der Waals surface area contributed by atoms with E-state index in [1.165, 1.54) is 0 Å². The van der Waals surface area contributed by atoms with Crippen LogP contribution in [0.2, 0.25) is 0 Å². The first-order valence-corrected chi connectivity index (χ1v) is 10.9. The number of carbonyl (C=O) groups is 1. The Morgan fingerprint density at radius 2 is 1.84 bits per heavy atom. The number of halogens is 1. The van der Waals surface area contributed by atoms with Gasteiger partial charge in [-0.05, 0) is 43.0 Å². The molecule has 3 aromatic rings. The number of pyridine rings is 1. The summed E-state index contributed by atoms with van der Waals surface area (Å²) < 4.78 is 16.9. The Hall–Kier alpha value is -3.16. The number of aryl methyl sites for hydroxylation is 1. The maximum absolute atomic E-state index is 13.5. The lowest BCUT2D eigenvalue weighted by atomic mass is 10.1. The first-order chi connectivity index (χ1) is 15.0. The Bertz CT molecular complexity index is 1240. The third-order valence-corrected chi connectivity index (χ3v) is 7.01. The van der Waals surface area contributed by atoms with Gasteiger partial charge in [-0.1, -0.05) is 0 Å². The number of aromatic nitrogens is 3. The van der Waals surface area contributed by atoms with Crippen molar-refractivity contribution < 1.29 is 9.18 Å². The van der Waals surface area contributed by atoms with Crippen molar-refractivity contribution >= 4 is 17.1 Å². The minimum absolute atomic E-state index is 0.0131. The minimum atomic E-state index is -0.943. The lowest BCUT2D eigenvalue weighted by molar-refractivity contribution is -0.136. The van der Waals surface area contributed by atoms with Gasteiger partial charge in [0.2, 0.25) is 11.5 Å². The van der Waals surface area contributed by atoms with E-state index in [9.17, 15) is 14.0 Å². The largest absolute Gasteiger partial charge is 0.366 e. The Morgan fingerprint density at radius 3 is 2.52 bits per heavy atom. The van der Waals surface area contributed by atoms with E-state index < -0.39 is 12.1 Å². The van der Waals surface area contributed by atoms with Crippen LogP contribution < -0.4 is 10.5 Å². The number of fused-ring (bicyclic) bond motifs is 3. The summed E-state index contributed by atoms with van der Waals surface area (Å²) in [5, 5.41) is 4.47. The van der Waals surface area contributed by atoms with E-state index in [1.54, 1.807) is 23.9 Å². The van der Waals surface area contributed by atoms with Crippen molar-refractivity contribution in [2.45, 2.75) is 37.5 Å². The molecule has 5 heterocycles. The van der Waals surface area contributed by atoms with Crippen LogP contribution in [0.5, 0.6) is 0 Å². The summed E-state index contributed by atoms with van der Waals surface area (Å²) in [6.07, 6.45) is 7.00. The zero-order valence-electron chi connectivity index (χ0n) is 17.3. The van der Waals surface area contributed by atoms with Gasteiger partial charge >= 0.3 is 0 Å². The van der Waals surface area contributed by atoms with Crippen molar-refractivity contribution in [2.75, 3.05) is 18.0 Å². The average molecular weight is 421 g/mol. The number of piperazine rings is 1. The molecule has 2 aliphatic heterocycles. The van der Waals surface area contributed by atoms with Crippen molar-refractivity contribution in [2.24, 2.45) is 13.0 Å². The van der Waals surface area contributed by atoms with Crippen molar-refractivity contribution in [1.29, 1.82) is 0 Å². The molecule has 160 valence electrons. The predicted octanol–water partition coefficient (Wildman–Crippen LogP) is 2.24. The van der Waals surface area contributed by atoms with Crippen molar-refractivity contribution in [3.8, 4) is 11.1 Å². The normalized spacial score (nSPS) is 27.2. The van der Waals surface area contributed by atoms with Gasteiger partial charge in [0.1, 0.15) is 6.17 Å². The van der Waals surface area contributed by atoms with Gasteiger partial charge in [0.15, 0.2) is 0 Å². The van der Waals surface area contributed by atoms with Gasteiger partial charge in [0, 0.05) is 62.4 Å². The van der Waals surface area contributed by atoms with E-state index in [0.29, 0.717) is 6.42 Å². The number of anilines is 1. The molecular weight excluding hydrogens is 397 g/mol. The Kier molecular flexibility index (Phi) is 4.00. The molecule has 6 rings (SSSR count). The lowest BCUT2D eigenvalue weighted by Gasteiger charge is -2.42. The fourth-order valence-electron chi connectivity index (χ4n) is 5.26. The highest BCUT2D eigenvalue weighted by molar-refractivity contribution is 5.84. The Labute approximate surface area is 178 Å². The van der Waals surface area contributed by atoms with E-state index in [0.717, 1.165) is 48.3 Å². The first kappa shape index (κ1) is 18.6. The fraction of sp³-hybridized carbons (Fsp3) is 0.435. The Balaban J connectivity index is 1.31. The van der Waals surface area contributed by atoms with E-state index in [4.69, 9.17) is 0 Å². The Morgan fingerprint density at radius 1 is 1.10 bits per heavy atom. The molecule has 2 saturated heterocycles. The molecule has 1 amide bonds. The van der Waals surface area contributed by atoms with Gasteiger partial charge in [-0.15, -0.1) is 0 Å². The van der Waals surface area contributed by atoms with Crippen LogP contribution in [0.25, 0.3) is 16.6 Å². The number of carbonyl (C=O) groups excluding carboxylic acids is 1. The molecule has 0 radical (unpaired) electrons. The average Bonchev–Trinajstić information content (AvgIpc) is 3.22. The first-order valence-electron chi connectivity index (χ1n) is 10.9. The number of rotatable bonds is 3. The second kappa shape index (κ2) is 6.67. The van der Waals surface area contributed by atoms with Gasteiger partial charge in [0.25, 0.3) is 0 Å². The molecule has 3 fully saturated rings. The third kappa shape index (κ3) is 2.96. The van der Waals surface area contributed by atoms with Crippen LogP contribution >= 0.6 is 0 Å². The molecule has 2 unspecified atom stereocenters. The molecule has 4 atom stereocenters. The molecular formula is C23H24FN5O2. The molecule has 0 spiro atoms. The van der Waals surface area contributed by atoms with Gasteiger partial charge < -0.3 is 14.4 Å². The number of nitrogens with zero attached hydrogens (tertiary/aromatic N) is 5. The quantitative estimate of drug-likeness (QED) is 0.651. The number of alkyl halides is 1. The van der Waals surface area contributed by atoms with Crippen LogP contribution in [0.4, 0.5) is 10.1 Å². The topological polar surface area (TPSA) is 62.9 Å². The molecule has 1 saturated carbocycles. The molecule has 0 aromatic carbocycles. The van der Waals surface area contributed by atoms with Crippen LogP contribution in [-0.2, 0) is 11.8 Å². The van der Waals surface area contributed by atoms with Crippen LogP contribution in [0.3, 0.4) is 0 Å². The number of hydrogen-bond acceptors (Lipinski definition) is 4. The monoisotopic (exact) mass is 421 g/mol. The van der Waals surface area contributed by atoms with Crippen molar-refractivity contribution in [3.63, 3.8) is 0 Å². The molecule has 3 aromatic heterocycles.